The largest absolute Gasteiger partial charge is 0.497 e. The number of aldehydes is 1. The number of methoxy groups -OCH3 is 1. The van der Waals surface area contributed by atoms with Gasteiger partial charge < -0.3 is 9.47 Å². The van der Waals surface area contributed by atoms with Crippen molar-refractivity contribution in [3.8, 4) is 11.5 Å². The van der Waals surface area contributed by atoms with Gasteiger partial charge in [0, 0.05) is 10.0 Å². The van der Waals surface area contributed by atoms with Crippen LogP contribution >= 0.6 is 15.9 Å². The van der Waals surface area contributed by atoms with E-state index < -0.39 is 0 Å². The maximum Gasteiger partial charge on any atom is 0.151 e. The zero-order valence-electron chi connectivity index (χ0n) is 10.4. The first-order chi connectivity index (χ1) is 9.22. The average Bonchev–Trinajstić information content (AvgIpc) is 2.78. The monoisotopic (exact) mass is 320 g/mol. The molecule has 0 fully saturated rings. The van der Waals surface area contributed by atoms with Crippen molar-refractivity contribution in [3.63, 3.8) is 0 Å². The molecule has 2 aromatic carbocycles. The Labute approximate surface area is 120 Å². The van der Waals surface area contributed by atoms with Crippen LogP contribution in [0.1, 0.15) is 15.9 Å². The van der Waals surface area contributed by atoms with Crippen molar-refractivity contribution in [2.45, 2.75) is 6.61 Å². The van der Waals surface area contributed by atoms with Crippen LogP contribution in [-0.2, 0) is 6.61 Å². The lowest BCUT2D eigenvalue weighted by molar-refractivity contribution is 0.112. The first kappa shape index (κ1) is 13.6. The van der Waals surface area contributed by atoms with Crippen LogP contribution in [0.15, 0.2) is 46.9 Å². The van der Waals surface area contributed by atoms with Gasteiger partial charge in [0.05, 0.1) is 7.11 Å². The predicted octanol–water partition coefficient (Wildman–Crippen LogP) is 3.85. The summed E-state index contributed by atoms with van der Waals surface area (Å²) in [6, 6.07) is 13.3. The van der Waals surface area contributed by atoms with E-state index in [1.807, 2.05) is 12.1 Å². The first-order valence-electron chi connectivity index (χ1n) is 5.73. The summed E-state index contributed by atoms with van der Waals surface area (Å²) in [6.07, 6.45) is 0.795. The number of ether oxygens (including phenoxy) is 2. The van der Waals surface area contributed by atoms with Crippen LogP contribution < -0.4 is 9.47 Å². The van der Waals surface area contributed by atoms with Crippen molar-refractivity contribution in [1.29, 1.82) is 0 Å². The van der Waals surface area contributed by atoms with Crippen LogP contribution in [0, 0.1) is 0 Å². The third-order valence-corrected chi connectivity index (χ3v) is 3.33. The van der Waals surface area contributed by atoms with E-state index >= 15 is 0 Å². The molecule has 4 heteroatoms. The SMILES string of the molecule is COc1ccc(C=O)c(Br)c1.c1cc2cc(c1)OC2. The fourth-order valence-corrected chi connectivity index (χ4v) is 2.07. The molecular formula is C15H13BrO3. The van der Waals surface area contributed by atoms with E-state index in [4.69, 9.17) is 9.47 Å². The van der Waals surface area contributed by atoms with Gasteiger partial charge in [-0.05, 0) is 51.8 Å². The third-order valence-electron chi connectivity index (χ3n) is 2.64. The average molecular weight is 321 g/mol. The van der Waals surface area contributed by atoms with Crippen molar-refractivity contribution >= 4 is 22.2 Å². The highest BCUT2D eigenvalue weighted by molar-refractivity contribution is 9.10. The Balaban J connectivity index is 0.000000146. The molecule has 0 unspecified atom stereocenters. The fraction of sp³-hybridized carbons (Fsp3) is 0.133. The standard InChI is InChI=1S/C8H7BrO2.C7H6O/c1-11-7-3-2-6(5-10)8(9)4-7;1-2-6-4-7(3-1)8-5-6/h2-5H,1H3;1-4H,5H2. The van der Waals surface area contributed by atoms with E-state index in [2.05, 4.69) is 28.1 Å². The molecule has 19 heavy (non-hydrogen) atoms. The number of carbonyl (C=O) groups is 1. The minimum Gasteiger partial charge on any atom is -0.497 e. The molecule has 0 amide bonds. The third kappa shape index (κ3) is 3.58. The van der Waals surface area contributed by atoms with E-state index in [-0.39, 0.29) is 0 Å². The molecule has 3 nitrogen and oxygen atoms in total. The topological polar surface area (TPSA) is 35.5 Å². The molecule has 98 valence electrons. The van der Waals surface area contributed by atoms with Crippen molar-refractivity contribution in [2.24, 2.45) is 0 Å². The summed E-state index contributed by atoms with van der Waals surface area (Å²) in [4.78, 5) is 10.4. The zero-order valence-corrected chi connectivity index (χ0v) is 12.0. The van der Waals surface area contributed by atoms with Crippen LogP contribution in [0.2, 0.25) is 0 Å². The molecule has 1 aliphatic rings. The van der Waals surface area contributed by atoms with Crippen molar-refractivity contribution in [3.05, 3.63) is 58.1 Å². The Morgan fingerprint density at radius 2 is 2.11 bits per heavy atom. The normalized spacial score (nSPS) is 11.1. The molecule has 0 atom stereocenters. The molecule has 0 radical (unpaired) electrons. The molecule has 0 spiro atoms. The summed E-state index contributed by atoms with van der Waals surface area (Å²) in [5.41, 5.74) is 1.91. The van der Waals surface area contributed by atoms with Gasteiger partial charge in [-0.1, -0.05) is 12.1 Å². The maximum atomic E-state index is 10.4. The second-order valence-electron chi connectivity index (χ2n) is 3.94. The van der Waals surface area contributed by atoms with E-state index in [0.29, 0.717) is 5.56 Å². The number of carbonyl (C=O) groups excluding carboxylic acids is 1. The second kappa shape index (κ2) is 6.38. The van der Waals surface area contributed by atoms with Crippen LogP contribution in [-0.4, -0.2) is 13.4 Å². The van der Waals surface area contributed by atoms with Gasteiger partial charge in [0.1, 0.15) is 18.1 Å². The Morgan fingerprint density at radius 1 is 1.26 bits per heavy atom. The molecule has 0 aromatic heterocycles. The number of hydrogen-bond acceptors (Lipinski definition) is 3. The number of rotatable bonds is 2. The lowest BCUT2D eigenvalue weighted by atomic mass is 10.2. The van der Waals surface area contributed by atoms with Crippen LogP contribution in [0.3, 0.4) is 0 Å². The van der Waals surface area contributed by atoms with Crippen molar-refractivity contribution < 1.29 is 14.3 Å². The van der Waals surface area contributed by atoms with Gasteiger partial charge in [-0.2, -0.15) is 0 Å². The van der Waals surface area contributed by atoms with Crippen LogP contribution in [0.25, 0.3) is 0 Å². The summed E-state index contributed by atoms with van der Waals surface area (Å²) >= 11 is 3.24. The number of fused-ring (bicyclic) bond motifs is 2. The fourth-order valence-electron chi connectivity index (χ4n) is 1.62. The molecule has 0 saturated carbocycles. The molecular weight excluding hydrogens is 308 g/mol. The number of halogens is 1. The van der Waals surface area contributed by atoms with Gasteiger partial charge in [-0.25, -0.2) is 0 Å². The van der Waals surface area contributed by atoms with Gasteiger partial charge in [0.25, 0.3) is 0 Å². The van der Waals surface area contributed by atoms with Gasteiger partial charge in [-0.3, -0.25) is 4.79 Å². The van der Waals surface area contributed by atoms with E-state index in [1.165, 1.54) is 5.56 Å². The van der Waals surface area contributed by atoms with Crippen LogP contribution in [0.4, 0.5) is 0 Å². The summed E-state index contributed by atoms with van der Waals surface area (Å²) in [5, 5.41) is 0. The molecule has 1 heterocycles. The molecule has 3 rings (SSSR count). The molecule has 0 saturated heterocycles. The van der Waals surface area contributed by atoms with Crippen molar-refractivity contribution in [2.75, 3.05) is 7.11 Å². The number of hydrogen-bond donors (Lipinski definition) is 0. The van der Waals surface area contributed by atoms with Crippen LogP contribution in [0.5, 0.6) is 11.5 Å². The summed E-state index contributed by atoms with van der Waals surface area (Å²) in [7, 11) is 1.59. The highest BCUT2D eigenvalue weighted by Crippen LogP contribution is 2.21. The van der Waals surface area contributed by atoms with E-state index in [0.717, 1.165) is 28.9 Å². The van der Waals surface area contributed by atoms with E-state index in [1.54, 1.807) is 25.3 Å². The molecule has 1 aliphatic heterocycles. The highest BCUT2D eigenvalue weighted by atomic mass is 79.9. The zero-order chi connectivity index (χ0) is 13.7. The second-order valence-corrected chi connectivity index (χ2v) is 4.80. The lowest BCUT2D eigenvalue weighted by Gasteiger charge is -2.00. The lowest BCUT2D eigenvalue weighted by Crippen LogP contribution is -1.85. The first-order valence-corrected chi connectivity index (χ1v) is 6.52. The summed E-state index contributed by atoms with van der Waals surface area (Å²) in [5.74, 6) is 1.74. The smallest absolute Gasteiger partial charge is 0.151 e. The number of benzene rings is 2. The summed E-state index contributed by atoms with van der Waals surface area (Å²) < 4.78 is 10.9. The Bertz CT molecular complexity index is 562. The molecule has 0 N–H and O–H groups in total. The van der Waals surface area contributed by atoms with Gasteiger partial charge in [-0.15, -0.1) is 0 Å². The highest BCUT2D eigenvalue weighted by Gasteiger charge is 2.03. The Morgan fingerprint density at radius 3 is 2.68 bits per heavy atom. The minimum absolute atomic E-state index is 0.630. The minimum atomic E-state index is 0.630. The summed E-state index contributed by atoms with van der Waals surface area (Å²) in [6.45, 7) is 0.766. The molecule has 2 bridgehead atoms. The Kier molecular flexibility index (Phi) is 4.58. The van der Waals surface area contributed by atoms with Gasteiger partial charge >= 0.3 is 0 Å². The van der Waals surface area contributed by atoms with E-state index in [9.17, 15) is 4.79 Å². The quantitative estimate of drug-likeness (QED) is 0.788. The maximum absolute atomic E-state index is 10.4. The molecule has 0 aliphatic carbocycles. The van der Waals surface area contributed by atoms with Crippen molar-refractivity contribution in [1.82, 2.24) is 0 Å². The predicted molar refractivity (Wildman–Crippen MR) is 76.9 cm³/mol. The van der Waals surface area contributed by atoms with Gasteiger partial charge in [0.2, 0.25) is 0 Å². The Hall–Kier alpha value is -1.81. The van der Waals surface area contributed by atoms with Gasteiger partial charge in [0.15, 0.2) is 6.29 Å². The molecule has 2 aromatic rings.